The second-order valence-electron chi connectivity index (χ2n) is 6.95. The molecule has 2 aromatic rings. The molecule has 0 saturated heterocycles. The van der Waals surface area contributed by atoms with Crippen molar-refractivity contribution in [3.63, 3.8) is 0 Å². The molecule has 1 amide bonds. The molecule has 6 heteroatoms. The van der Waals surface area contributed by atoms with Crippen LogP contribution >= 0.6 is 11.3 Å². The van der Waals surface area contributed by atoms with Crippen LogP contribution in [0, 0.1) is 24.7 Å². The molecule has 2 bridgehead atoms. The summed E-state index contributed by atoms with van der Waals surface area (Å²) in [6.45, 7) is 1.76. The Balaban J connectivity index is 1.29. The van der Waals surface area contributed by atoms with Crippen molar-refractivity contribution in [1.29, 1.82) is 0 Å². The molecule has 3 unspecified atom stereocenters. The standard InChI is InChI=1S/C20H20N2O3S/c1-12-2-5-14(6-3-12)17-11-26-20(21-17)22-18(23)10-25-19(24)16-9-13-4-7-15(16)8-13/h2-7,11,13,15-16H,8-10H2,1H3,(H,21,22,23). The van der Waals surface area contributed by atoms with Gasteiger partial charge < -0.3 is 4.74 Å². The summed E-state index contributed by atoms with van der Waals surface area (Å²) in [6, 6.07) is 8.05. The Kier molecular flexibility index (Phi) is 4.59. The van der Waals surface area contributed by atoms with E-state index in [1.807, 2.05) is 36.6 Å². The molecule has 2 aliphatic rings. The van der Waals surface area contributed by atoms with Gasteiger partial charge in [-0.15, -0.1) is 11.3 Å². The average Bonchev–Trinajstić information content (AvgIpc) is 3.37. The maximum absolute atomic E-state index is 12.2. The van der Waals surface area contributed by atoms with Crippen molar-refractivity contribution >= 4 is 28.3 Å². The van der Waals surface area contributed by atoms with Gasteiger partial charge in [-0.1, -0.05) is 42.0 Å². The first-order valence-electron chi connectivity index (χ1n) is 8.76. The summed E-state index contributed by atoms with van der Waals surface area (Å²) < 4.78 is 5.21. The van der Waals surface area contributed by atoms with Crippen LogP contribution < -0.4 is 5.32 Å². The second kappa shape index (κ2) is 7.03. The molecule has 0 radical (unpaired) electrons. The number of ether oxygens (including phenoxy) is 1. The highest BCUT2D eigenvalue weighted by molar-refractivity contribution is 7.14. The SMILES string of the molecule is Cc1ccc(-c2csc(NC(=O)COC(=O)C3CC4C=CC3C4)n2)cc1. The zero-order chi connectivity index (χ0) is 18.1. The minimum absolute atomic E-state index is 0.0918. The molecule has 1 aromatic heterocycles. The third-order valence-electron chi connectivity index (χ3n) is 5.03. The van der Waals surface area contributed by atoms with Crippen LogP contribution in [0.25, 0.3) is 11.3 Å². The van der Waals surface area contributed by atoms with E-state index in [1.165, 1.54) is 16.9 Å². The summed E-state index contributed by atoms with van der Waals surface area (Å²) in [7, 11) is 0. The number of carbonyl (C=O) groups is 2. The largest absolute Gasteiger partial charge is 0.455 e. The van der Waals surface area contributed by atoms with E-state index in [0.717, 1.165) is 24.1 Å². The number of aryl methyl sites for hydroxylation is 1. The minimum atomic E-state index is -0.359. The fourth-order valence-electron chi connectivity index (χ4n) is 3.64. The number of hydrogen-bond acceptors (Lipinski definition) is 5. The zero-order valence-electron chi connectivity index (χ0n) is 14.5. The van der Waals surface area contributed by atoms with Gasteiger partial charge in [-0.2, -0.15) is 0 Å². The van der Waals surface area contributed by atoms with Gasteiger partial charge in [0.25, 0.3) is 5.91 Å². The van der Waals surface area contributed by atoms with Crippen LogP contribution in [0.1, 0.15) is 18.4 Å². The van der Waals surface area contributed by atoms with Crippen molar-refractivity contribution in [3.05, 3.63) is 47.4 Å². The molecule has 0 aliphatic heterocycles. The number of rotatable bonds is 5. The van der Waals surface area contributed by atoms with E-state index in [2.05, 4.69) is 22.5 Å². The van der Waals surface area contributed by atoms with Crippen molar-refractivity contribution in [2.24, 2.45) is 17.8 Å². The number of hydrogen-bond donors (Lipinski definition) is 1. The van der Waals surface area contributed by atoms with Gasteiger partial charge in [-0.05, 0) is 31.6 Å². The van der Waals surface area contributed by atoms with Crippen molar-refractivity contribution in [3.8, 4) is 11.3 Å². The van der Waals surface area contributed by atoms with Crippen LogP contribution in [0.3, 0.4) is 0 Å². The number of benzene rings is 1. The molecule has 4 rings (SSSR count). The topological polar surface area (TPSA) is 68.3 Å². The van der Waals surface area contributed by atoms with Crippen molar-refractivity contribution in [2.45, 2.75) is 19.8 Å². The molecule has 26 heavy (non-hydrogen) atoms. The maximum Gasteiger partial charge on any atom is 0.310 e. The van der Waals surface area contributed by atoms with Crippen LogP contribution in [-0.4, -0.2) is 23.5 Å². The molecule has 1 aromatic carbocycles. The summed E-state index contributed by atoms with van der Waals surface area (Å²) in [5.41, 5.74) is 3.00. The number of amides is 1. The van der Waals surface area contributed by atoms with Gasteiger partial charge in [-0.3, -0.25) is 14.9 Å². The summed E-state index contributed by atoms with van der Waals surface area (Å²) in [4.78, 5) is 28.6. The van der Waals surface area contributed by atoms with Crippen LogP contribution in [0.4, 0.5) is 5.13 Å². The van der Waals surface area contributed by atoms with E-state index in [0.29, 0.717) is 11.0 Å². The smallest absolute Gasteiger partial charge is 0.310 e. The van der Waals surface area contributed by atoms with Gasteiger partial charge in [0, 0.05) is 10.9 Å². The number of nitrogens with zero attached hydrogens (tertiary/aromatic N) is 1. The van der Waals surface area contributed by atoms with Gasteiger partial charge in [0.05, 0.1) is 11.6 Å². The number of allylic oxidation sites excluding steroid dienone is 2. The lowest BCUT2D eigenvalue weighted by Crippen LogP contribution is -2.26. The van der Waals surface area contributed by atoms with Gasteiger partial charge in [0.1, 0.15) is 0 Å². The Labute approximate surface area is 156 Å². The summed E-state index contributed by atoms with van der Waals surface area (Å²) in [5.74, 6) is 0.0672. The molecule has 134 valence electrons. The van der Waals surface area contributed by atoms with Crippen molar-refractivity contribution < 1.29 is 14.3 Å². The Bertz CT molecular complexity index is 856. The van der Waals surface area contributed by atoms with E-state index in [9.17, 15) is 9.59 Å². The molecule has 1 saturated carbocycles. The molecule has 1 N–H and O–H groups in total. The third kappa shape index (κ3) is 3.55. The number of thiazole rings is 1. The van der Waals surface area contributed by atoms with Gasteiger partial charge >= 0.3 is 5.97 Å². The number of esters is 1. The Hall–Kier alpha value is -2.47. The average molecular weight is 368 g/mol. The lowest BCUT2D eigenvalue weighted by atomic mass is 9.94. The van der Waals surface area contributed by atoms with E-state index in [4.69, 9.17) is 4.74 Å². The molecule has 2 aliphatic carbocycles. The van der Waals surface area contributed by atoms with Crippen molar-refractivity contribution in [2.75, 3.05) is 11.9 Å². The Morgan fingerprint density at radius 1 is 1.23 bits per heavy atom. The zero-order valence-corrected chi connectivity index (χ0v) is 15.3. The number of anilines is 1. The predicted molar refractivity (Wildman–Crippen MR) is 101 cm³/mol. The number of aromatic nitrogens is 1. The molecule has 1 heterocycles. The quantitative estimate of drug-likeness (QED) is 0.644. The summed E-state index contributed by atoms with van der Waals surface area (Å²) in [5, 5.41) is 5.10. The highest BCUT2D eigenvalue weighted by Gasteiger charge is 2.40. The van der Waals surface area contributed by atoms with Crippen LogP contribution in [0.15, 0.2) is 41.8 Å². The molecule has 0 spiro atoms. The number of carbonyl (C=O) groups excluding carboxylic acids is 2. The maximum atomic E-state index is 12.2. The molecule has 5 nitrogen and oxygen atoms in total. The van der Waals surface area contributed by atoms with E-state index >= 15 is 0 Å². The first-order valence-corrected chi connectivity index (χ1v) is 9.64. The van der Waals surface area contributed by atoms with Crippen LogP contribution in [0.2, 0.25) is 0 Å². The minimum Gasteiger partial charge on any atom is -0.455 e. The molecular formula is C20H20N2O3S. The molecular weight excluding hydrogens is 348 g/mol. The first kappa shape index (κ1) is 17.0. The predicted octanol–water partition coefficient (Wildman–Crippen LogP) is 3.81. The lowest BCUT2D eigenvalue weighted by Gasteiger charge is -2.16. The van der Waals surface area contributed by atoms with Gasteiger partial charge in [0.15, 0.2) is 11.7 Å². The lowest BCUT2D eigenvalue weighted by molar-refractivity contribution is -0.152. The van der Waals surface area contributed by atoms with Gasteiger partial charge in [0.2, 0.25) is 0 Å². The van der Waals surface area contributed by atoms with Crippen LogP contribution in [-0.2, 0) is 14.3 Å². The van der Waals surface area contributed by atoms with Gasteiger partial charge in [-0.25, -0.2) is 4.98 Å². The summed E-state index contributed by atoms with van der Waals surface area (Å²) >= 11 is 1.35. The Morgan fingerprint density at radius 3 is 2.73 bits per heavy atom. The number of nitrogens with one attached hydrogen (secondary N) is 1. The normalized spacial score (nSPS) is 23.2. The fourth-order valence-corrected chi connectivity index (χ4v) is 4.37. The van der Waals surface area contributed by atoms with E-state index in [-0.39, 0.29) is 30.3 Å². The van der Waals surface area contributed by atoms with E-state index in [1.54, 1.807) is 0 Å². The monoisotopic (exact) mass is 368 g/mol. The van der Waals surface area contributed by atoms with Crippen LogP contribution in [0.5, 0.6) is 0 Å². The van der Waals surface area contributed by atoms with Crippen molar-refractivity contribution in [1.82, 2.24) is 4.98 Å². The Morgan fingerprint density at radius 2 is 2.04 bits per heavy atom. The molecule has 1 fully saturated rings. The number of fused-ring (bicyclic) bond motifs is 2. The highest BCUT2D eigenvalue weighted by Crippen LogP contribution is 2.43. The van der Waals surface area contributed by atoms with E-state index < -0.39 is 0 Å². The molecule has 3 atom stereocenters. The second-order valence-corrected chi connectivity index (χ2v) is 7.80. The highest BCUT2D eigenvalue weighted by atomic mass is 32.1. The fraction of sp³-hybridized carbons (Fsp3) is 0.350. The summed E-state index contributed by atoms with van der Waals surface area (Å²) in [6.07, 6.45) is 6.15. The third-order valence-corrected chi connectivity index (χ3v) is 5.78. The first-order chi connectivity index (χ1) is 12.6.